The monoisotopic (exact) mass is 338 g/mol. The molecule has 118 valence electrons. The first-order chi connectivity index (χ1) is 10.6. The number of hydrogen-bond acceptors (Lipinski definition) is 7. The van der Waals surface area contributed by atoms with Gasteiger partial charge in [-0.15, -0.1) is 23.5 Å². The molecule has 0 amide bonds. The maximum absolute atomic E-state index is 11.8. The summed E-state index contributed by atoms with van der Waals surface area (Å²) >= 11 is 3.40. The van der Waals surface area contributed by atoms with Gasteiger partial charge in [0, 0.05) is 17.1 Å². The molecule has 0 aromatic heterocycles. The third kappa shape index (κ3) is 2.85. The molecule has 0 aliphatic carbocycles. The minimum Gasteiger partial charge on any atom is -0.507 e. The van der Waals surface area contributed by atoms with Crippen LogP contribution in [-0.4, -0.2) is 64.1 Å². The van der Waals surface area contributed by atoms with Crippen molar-refractivity contribution in [3.8, 4) is 5.75 Å². The Morgan fingerprint density at radius 2 is 2.18 bits per heavy atom. The van der Waals surface area contributed by atoms with Gasteiger partial charge in [0.2, 0.25) is 0 Å². The van der Waals surface area contributed by atoms with Crippen LogP contribution in [0, 0.1) is 0 Å². The Morgan fingerprint density at radius 3 is 2.91 bits per heavy atom. The fourth-order valence-corrected chi connectivity index (χ4v) is 5.45. The number of aromatic hydroxyl groups is 1. The van der Waals surface area contributed by atoms with E-state index in [1.807, 2.05) is 19.2 Å². The largest absolute Gasteiger partial charge is 0.507 e. The SMILES string of the molecule is COC(=O)[C@@H]1CS[C@@H]([C@H]2CSC(c3ccccc3O)=N2)N1C. The van der Waals surface area contributed by atoms with Crippen LogP contribution in [0.2, 0.25) is 0 Å². The highest BCUT2D eigenvalue weighted by Crippen LogP contribution is 2.37. The third-order valence-corrected chi connectivity index (χ3v) is 6.53. The predicted octanol–water partition coefficient (Wildman–Crippen LogP) is 1.80. The van der Waals surface area contributed by atoms with E-state index >= 15 is 0 Å². The van der Waals surface area contributed by atoms with E-state index in [1.54, 1.807) is 35.7 Å². The van der Waals surface area contributed by atoms with Crippen molar-refractivity contribution >= 4 is 34.5 Å². The number of likely N-dealkylation sites (N-methyl/N-ethyl adjacent to an activating group) is 1. The van der Waals surface area contributed by atoms with Crippen molar-refractivity contribution in [1.82, 2.24) is 4.90 Å². The molecule has 2 aliphatic rings. The zero-order valence-corrected chi connectivity index (χ0v) is 14.1. The first kappa shape index (κ1) is 15.7. The Morgan fingerprint density at radius 1 is 1.41 bits per heavy atom. The minimum atomic E-state index is -0.200. The van der Waals surface area contributed by atoms with Gasteiger partial charge in [0.15, 0.2) is 0 Å². The number of nitrogens with zero attached hydrogens (tertiary/aromatic N) is 2. The van der Waals surface area contributed by atoms with Gasteiger partial charge in [0.05, 0.1) is 18.5 Å². The van der Waals surface area contributed by atoms with Crippen LogP contribution in [0.25, 0.3) is 0 Å². The van der Waals surface area contributed by atoms with E-state index in [0.29, 0.717) is 0 Å². The van der Waals surface area contributed by atoms with Crippen LogP contribution in [0.1, 0.15) is 5.56 Å². The number of para-hydroxylation sites is 1. The molecule has 0 radical (unpaired) electrons. The van der Waals surface area contributed by atoms with Gasteiger partial charge in [0.1, 0.15) is 16.8 Å². The van der Waals surface area contributed by atoms with Gasteiger partial charge < -0.3 is 9.84 Å². The van der Waals surface area contributed by atoms with Crippen LogP contribution in [0.5, 0.6) is 5.75 Å². The fourth-order valence-electron chi connectivity index (χ4n) is 2.69. The number of methoxy groups -OCH3 is 1. The molecule has 1 aromatic carbocycles. The number of phenolic OH excluding ortho intramolecular Hbond substituents is 1. The average Bonchev–Trinajstić information content (AvgIpc) is 3.13. The Bertz CT molecular complexity index is 608. The molecule has 0 bridgehead atoms. The van der Waals surface area contributed by atoms with Crippen LogP contribution in [0.3, 0.4) is 0 Å². The fraction of sp³-hybridized carbons (Fsp3) is 0.467. The van der Waals surface area contributed by atoms with Crippen molar-refractivity contribution in [1.29, 1.82) is 0 Å². The molecule has 1 aromatic rings. The highest BCUT2D eigenvalue weighted by Gasteiger charge is 2.42. The van der Waals surface area contributed by atoms with Crippen LogP contribution in [-0.2, 0) is 9.53 Å². The summed E-state index contributed by atoms with van der Waals surface area (Å²) in [5.41, 5.74) is 0.783. The maximum Gasteiger partial charge on any atom is 0.323 e. The molecule has 5 nitrogen and oxygen atoms in total. The Hall–Kier alpha value is -1.18. The number of carbonyl (C=O) groups is 1. The number of phenols is 1. The van der Waals surface area contributed by atoms with Crippen molar-refractivity contribution in [3.63, 3.8) is 0 Å². The maximum atomic E-state index is 11.8. The molecule has 3 rings (SSSR count). The standard InChI is InChI=1S/C15H18N2O3S2/c1-17-11(15(19)20-2)8-22-14(17)10-7-21-13(16-10)9-5-3-4-6-12(9)18/h3-6,10-11,14,18H,7-8H2,1-2H3/t10-,11+,14+/m1/s1. The molecule has 2 aliphatic heterocycles. The van der Waals surface area contributed by atoms with Crippen molar-refractivity contribution in [3.05, 3.63) is 29.8 Å². The lowest BCUT2D eigenvalue weighted by Crippen LogP contribution is -2.43. The lowest BCUT2D eigenvalue weighted by Gasteiger charge is -2.25. The van der Waals surface area contributed by atoms with Gasteiger partial charge in [-0.3, -0.25) is 14.7 Å². The van der Waals surface area contributed by atoms with Gasteiger partial charge in [-0.1, -0.05) is 12.1 Å². The Balaban J connectivity index is 1.75. The average molecular weight is 338 g/mol. The van der Waals surface area contributed by atoms with Gasteiger partial charge in [-0.25, -0.2) is 0 Å². The van der Waals surface area contributed by atoms with Crippen LogP contribution in [0.4, 0.5) is 0 Å². The molecular formula is C15H18N2O3S2. The first-order valence-electron chi connectivity index (χ1n) is 7.02. The Labute approximate surface area is 138 Å². The second-order valence-electron chi connectivity index (χ2n) is 5.26. The summed E-state index contributed by atoms with van der Waals surface area (Å²) in [5.74, 6) is 1.66. The molecule has 2 heterocycles. The highest BCUT2D eigenvalue weighted by atomic mass is 32.2. The molecule has 0 saturated carbocycles. The molecule has 0 spiro atoms. The smallest absolute Gasteiger partial charge is 0.323 e. The van der Waals surface area contributed by atoms with Crippen molar-refractivity contribution < 1.29 is 14.6 Å². The van der Waals surface area contributed by atoms with E-state index < -0.39 is 0 Å². The summed E-state index contributed by atoms with van der Waals surface area (Å²) in [4.78, 5) is 18.6. The second kappa shape index (κ2) is 6.52. The van der Waals surface area contributed by atoms with Gasteiger partial charge in [-0.05, 0) is 19.2 Å². The summed E-state index contributed by atoms with van der Waals surface area (Å²) in [6, 6.07) is 7.17. The minimum absolute atomic E-state index is 0.115. The number of rotatable bonds is 3. The lowest BCUT2D eigenvalue weighted by atomic mass is 10.2. The van der Waals surface area contributed by atoms with Crippen molar-refractivity contribution in [2.45, 2.75) is 17.5 Å². The van der Waals surface area contributed by atoms with Gasteiger partial charge in [0.25, 0.3) is 0 Å². The van der Waals surface area contributed by atoms with E-state index in [0.717, 1.165) is 22.1 Å². The lowest BCUT2D eigenvalue weighted by molar-refractivity contribution is -0.145. The number of carbonyl (C=O) groups excluding carboxylic acids is 1. The number of hydrogen-bond donors (Lipinski definition) is 1. The zero-order valence-electron chi connectivity index (χ0n) is 12.4. The quantitative estimate of drug-likeness (QED) is 0.848. The summed E-state index contributed by atoms with van der Waals surface area (Å²) in [5, 5.41) is 11.0. The third-order valence-electron chi connectivity index (χ3n) is 3.93. The van der Waals surface area contributed by atoms with Gasteiger partial charge in [-0.2, -0.15) is 0 Å². The molecule has 7 heteroatoms. The van der Waals surface area contributed by atoms with E-state index in [1.165, 1.54) is 7.11 Å². The van der Waals surface area contributed by atoms with E-state index in [4.69, 9.17) is 9.73 Å². The van der Waals surface area contributed by atoms with Crippen molar-refractivity contribution in [2.24, 2.45) is 4.99 Å². The molecule has 3 atom stereocenters. The number of esters is 1. The van der Waals surface area contributed by atoms with Crippen molar-refractivity contribution in [2.75, 3.05) is 25.7 Å². The van der Waals surface area contributed by atoms with E-state index in [9.17, 15) is 9.90 Å². The molecule has 1 fully saturated rings. The summed E-state index contributed by atoms with van der Waals surface area (Å²) < 4.78 is 4.85. The number of benzene rings is 1. The molecule has 22 heavy (non-hydrogen) atoms. The number of aliphatic imine (C=N–C) groups is 1. The van der Waals surface area contributed by atoms with E-state index in [2.05, 4.69) is 4.90 Å². The molecule has 1 saturated heterocycles. The topological polar surface area (TPSA) is 62.1 Å². The number of thioether (sulfide) groups is 2. The van der Waals surface area contributed by atoms with Crippen LogP contribution >= 0.6 is 23.5 Å². The summed E-state index contributed by atoms with van der Waals surface area (Å²) in [6.45, 7) is 0. The zero-order chi connectivity index (χ0) is 15.7. The van der Waals surface area contributed by atoms with E-state index in [-0.39, 0.29) is 29.2 Å². The van der Waals surface area contributed by atoms with Gasteiger partial charge >= 0.3 is 5.97 Å². The first-order valence-corrected chi connectivity index (χ1v) is 9.05. The summed E-state index contributed by atoms with van der Waals surface area (Å²) in [6.07, 6.45) is 0. The Kier molecular flexibility index (Phi) is 4.65. The second-order valence-corrected chi connectivity index (χ2v) is 7.42. The normalized spacial score (nSPS) is 28.6. The molecule has 1 N–H and O–H groups in total. The predicted molar refractivity (Wildman–Crippen MR) is 90.7 cm³/mol. The number of ether oxygens (including phenoxy) is 1. The summed E-state index contributed by atoms with van der Waals surface area (Å²) in [7, 11) is 3.37. The molecule has 0 unspecified atom stereocenters. The van der Waals surface area contributed by atoms with Crippen LogP contribution < -0.4 is 0 Å². The van der Waals surface area contributed by atoms with Crippen LogP contribution in [0.15, 0.2) is 29.3 Å². The highest BCUT2D eigenvalue weighted by molar-refractivity contribution is 8.14. The molecular weight excluding hydrogens is 320 g/mol.